The monoisotopic (exact) mass is 222 g/mol. The predicted molar refractivity (Wildman–Crippen MR) is 55.0 cm³/mol. The molecule has 1 saturated heterocycles. The Hall–Kier alpha value is -0.210. The van der Waals surface area contributed by atoms with Crippen molar-refractivity contribution in [1.82, 2.24) is 14.7 Å². The van der Waals surface area contributed by atoms with Crippen LogP contribution in [0.2, 0.25) is 0 Å². The molecule has 0 spiro atoms. The van der Waals surface area contributed by atoms with Crippen LogP contribution in [0.5, 0.6) is 0 Å². The minimum atomic E-state index is -3.22. The first kappa shape index (κ1) is 11.9. The topological polar surface area (TPSA) is 78.7 Å². The van der Waals surface area contributed by atoms with Crippen LogP contribution >= 0.6 is 0 Å². The van der Waals surface area contributed by atoms with E-state index in [0.717, 1.165) is 26.2 Å². The average Bonchev–Trinajstić information content (AvgIpc) is 2.08. The Labute approximate surface area is 85.1 Å². The third kappa shape index (κ3) is 3.89. The lowest BCUT2D eigenvalue weighted by atomic mass is 10.4. The molecule has 1 heterocycles. The van der Waals surface area contributed by atoms with Gasteiger partial charge in [-0.3, -0.25) is 0 Å². The zero-order chi connectivity index (χ0) is 10.6. The molecule has 0 aliphatic carbocycles. The van der Waals surface area contributed by atoms with Crippen molar-refractivity contribution in [2.45, 2.75) is 0 Å². The maximum atomic E-state index is 11.3. The highest BCUT2D eigenvalue weighted by atomic mass is 32.2. The Morgan fingerprint density at radius 3 is 2.36 bits per heavy atom. The molecular weight excluding hydrogens is 204 g/mol. The molecule has 1 aliphatic heterocycles. The molecule has 0 bridgehead atoms. The van der Waals surface area contributed by atoms with Gasteiger partial charge in [0.1, 0.15) is 0 Å². The van der Waals surface area contributed by atoms with Gasteiger partial charge in [0.25, 0.3) is 0 Å². The van der Waals surface area contributed by atoms with Gasteiger partial charge in [0.15, 0.2) is 0 Å². The molecule has 6 nitrogen and oxygen atoms in total. The number of hydrogen-bond acceptors (Lipinski definition) is 5. The predicted octanol–water partition coefficient (Wildman–Crippen LogP) is -1.97. The van der Waals surface area contributed by atoms with Crippen LogP contribution < -0.4 is 10.6 Å². The van der Waals surface area contributed by atoms with E-state index < -0.39 is 10.0 Å². The van der Waals surface area contributed by atoms with E-state index >= 15 is 0 Å². The molecule has 0 saturated carbocycles. The van der Waals surface area contributed by atoms with Crippen molar-refractivity contribution in [2.24, 2.45) is 5.73 Å². The fourth-order valence-electron chi connectivity index (χ4n) is 1.30. The number of piperazine rings is 1. The summed E-state index contributed by atoms with van der Waals surface area (Å²) in [5.74, 6) is -0.0145. The quantitative estimate of drug-likeness (QED) is 0.577. The first-order valence-corrected chi connectivity index (χ1v) is 6.32. The molecule has 1 aliphatic rings. The molecule has 84 valence electrons. The smallest absolute Gasteiger partial charge is 0.225 e. The SMILES string of the molecule is CN1CCN(NS(=O)(=O)CCN)CC1. The molecule has 0 unspecified atom stereocenters. The summed E-state index contributed by atoms with van der Waals surface area (Å²) in [6, 6.07) is 0. The van der Waals surface area contributed by atoms with Crippen molar-refractivity contribution in [3.8, 4) is 0 Å². The van der Waals surface area contributed by atoms with E-state index in [1.807, 2.05) is 7.05 Å². The Morgan fingerprint density at radius 2 is 1.86 bits per heavy atom. The second kappa shape index (κ2) is 5.04. The van der Waals surface area contributed by atoms with Gasteiger partial charge in [-0.2, -0.15) is 0 Å². The van der Waals surface area contributed by atoms with E-state index in [9.17, 15) is 8.42 Å². The van der Waals surface area contributed by atoms with Crippen LogP contribution in [0.1, 0.15) is 0 Å². The van der Waals surface area contributed by atoms with Crippen molar-refractivity contribution in [3.63, 3.8) is 0 Å². The van der Waals surface area contributed by atoms with Crippen LogP contribution in [0.25, 0.3) is 0 Å². The minimum Gasteiger partial charge on any atom is -0.329 e. The number of nitrogens with two attached hydrogens (primary N) is 1. The minimum absolute atomic E-state index is 0.0145. The van der Waals surface area contributed by atoms with E-state index in [4.69, 9.17) is 5.73 Å². The fourth-order valence-corrected chi connectivity index (χ4v) is 2.27. The number of nitrogens with one attached hydrogen (secondary N) is 1. The molecule has 3 N–H and O–H groups in total. The molecule has 0 atom stereocenters. The molecule has 0 amide bonds. The standard InChI is InChI=1S/C7H18N4O2S/c1-10-3-5-11(6-4-10)9-14(12,13)7-2-8/h9H,2-8H2,1H3. The van der Waals surface area contributed by atoms with Crippen molar-refractivity contribution >= 4 is 10.0 Å². The Kier molecular flexibility index (Phi) is 4.27. The molecule has 0 aromatic heterocycles. The number of hydrazine groups is 1. The second-order valence-electron chi connectivity index (χ2n) is 3.49. The van der Waals surface area contributed by atoms with Crippen molar-refractivity contribution in [2.75, 3.05) is 45.5 Å². The highest BCUT2D eigenvalue weighted by molar-refractivity contribution is 7.89. The summed E-state index contributed by atoms with van der Waals surface area (Å²) in [6.07, 6.45) is 0. The summed E-state index contributed by atoms with van der Waals surface area (Å²) in [5, 5.41) is 1.73. The molecule has 7 heteroatoms. The third-order valence-electron chi connectivity index (χ3n) is 2.16. The molecule has 0 aromatic carbocycles. The molecule has 1 rings (SSSR count). The normalized spacial score (nSPS) is 21.3. The lowest BCUT2D eigenvalue weighted by Gasteiger charge is -2.32. The Balaban J connectivity index is 2.37. The number of hydrogen-bond donors (Lipinski definition) is 2. The summed E-state index contributed by atoms with van der Waals surface area (Å²) in [6.45, 7) is 3.36. The molecule has 1 fully saturated rings. The van der Waals surface area contributed by atoms with Crippen LogP contribution in [-0.4, -0.2) is 63.9 Å². The largest absolute Gasteiger partial charge is 0.329 e. The van der Waals surface area contributed by atoms with Crippen LogP contribution in [0.15, 0.2) is 0 Å². The number of rotatable bonds is 4. The highest BCUT2D eigenvalue weighted by Gasteiger charge is 2.18. The highest BCUT2D eigenvalue weighted by Crippen LogP contribution is 1.97. The van der Waals surface area contributed by atoms with E-state index in [1.54, 1.807) is 5.01 Å². The van der Waals surface area contributed by atoms with Gasteiger partial charge >= 0.3 is 0 Å². The maximum Gasteiger partial charge on any atom is 0.225 e. The number of nitrogens with zero attached hydrogens (tertiary/aromatic N) is 2. The van der Waals surface area contributed by atoms with Crippen LogP contribution in [-0.2, 0) is 10.0 Å². The summed E-state index contributed by atoms with van der Waals surface area (Å²) < 4.78 is 22.7. The van der Waals surface area contributed by atoms with Gasteiger partial charge < -0.3 is 10.6 Å². The van der Waals surface area contributed by atoms with Gasteiger partial charge in [-0.25, -0.2) is 13.4 Å². The molecule has 0 aromatic rings. The summed E-state index contributed by atoms with van der Waals surface area (Å²) in [4.78, 5) is 4.68. The van der Waals surface area contributed by atoms with Gasteiger partial charge in [0.2, 0.25) is 10.0 Å². The summed E-state index contributed by atoms with van der Waals surface area (Å²) in [5.41, 5.74) is 5.20. The van der Waals surface area contributed by atoms with Gasteiger partial charge in [0, 0.05) is 32.7 Å². The lowest BCUT2D eigenvalue weighted by molar-refractivity contribution is 0.135. The van der Waals surface area contributed by atoms with Crippen LogP contribution in [0.3, 0.4) is 0 Å². The van der Waals surface area contributed by atoms with Gasteiger partial charge in [-0.15, -0.1) is 4.83 Å². The summed E-state index contributed by atoms with van der Waals surface area (Å²) >= 11 is 0. The van der Waals surface area contributed by atoms with E-state index in [0.29, 0.717) is 0 Å². The van der Waals surface area contributed by atoms with Gasteiger partial charge in [-0.1, -0.05) is 0 Å². The second-order valence-corrected chi connectivity index (χ2v) is 5.31. The van der Waals surface area contributed by atoms with Crippen molar-refractivity contribution < 1.29 is 8.42 Å². The Bertz CT molecular complexity index is 259. The zero-order valence-corrected chi connectivity index (χ0v) is 9.26. The molecular formula is C7H18N4O2S. The van der Waals surface area contributed by atoms with Crippen LogP contribution in [0, 0.1) is 0 Å². The van der Waals surface area contributed by atoms with Gasteiger partial charge in [0.05, 0.1) is 5.75 Å². The van der Waals surface area contributed by atoms with E-state index in [2.05, 4.69) is 9.73 Å². The van der Waals surface area contributed by atoms with E-state index in [-0.39, 0.29) is 12.3 Å². The molecule has 0 radical (unpaired) electrons. The summed E-state index contributed by atoms with van der Waals surface area (Å²) in [7, 11) is -1.20. The Morgan fingerprint density at radius 1 is 1.29 bits per heavy atom. The number of sulfonamides is 1. The third-order valence-corrected chi connectivity index (χ3v) is 3.47. The molecule has 14 heavy (non-hydrogen) atoms. The van der Waals surface area contributed by atoms with Crippen LogP contribution in [0.4, 0.5) is 0 Å². The van der Waals surface area contributed by atoms with E-state index in [1.165, 1.54) is 0 Å². The van der Waals surface area contributed by atoms with Gasteiger partial charge in [-0.05, 0) is 7.05 Å². The van der Waals surface area contributed by atoms with Crippen molar-refractivity contribution in [3.05, 3.63) is 0 Å². The lowest BCUT2D eigenvalue weighted by Crippen LogP contribution is -2.53. The number of likely N-dealkylation sites (N-methyl/N-ethyl adjacent to an activating group) is 1. The first-order chi connectivity index (χ1) is 6.53. The van der Waals surface area contributed by atoms with Crippen molar-refractivity contribution in [1.29, 1.82) is 0 Å². The zero-order valence-electron chi connectivity index (χ0n) is 8.44. The fraction of sp³-hybridized carbons (Fsp3) is 1.00. The maximum absolute atomic E-state index is 11.3. The first-order valence-electron chi connectivity index (χ1n) is 4.67. The average molecular weight is 222 g/mol.